The van der Waals surface area contributed by atoms with Crippen molar-refractivity contribution < 1.29 is 18.7 Å². The fraction of sp³-hybridized carbons (Fsp3) is 0.500. The predicted molar refractivity (Wildman–Crippen MR) is 64.9 cm³/mol. The molecule has 0 amide bonds. The number of alkyl halides is 1. The molecule has 4 heteroatoms. The van der Waals surface area contributed by atoms with E-state index in [1.54, 1.807) is 37.3 Å². The molecule has 18 heavy (non-hydrogen) atoms. The molecule has 0 spiro atoms. The quantitative estimate of drug-likeness (QED) is 0.776. The van der Waals surface area contributed by atoms with Crippen molar-refractivity contribution in [1.82, 2.24) is 0 Å². The topological polar surface area (TPSA) is 35.5 Å². The molecule has 1 aliphatic rings. The van der Waals surface area contributed by atoms with E-state index in [0.29, 0.717) is 12.0 Å². The fourth-order valence-corrected chi connectivity index (χ4v) is 2.13. The van der Waals surface area contributed by atoms with Gasteiger partial charge in [0, 0.05) is 5.92 Å². The maximum atomic E-state index is 13.9. The lowest BCUT2D eigenvalue weighted by atomic mass is 10.0. The zero-order valence-corrected chi connectivity index (χ0v) is 10.5. The minimum Gasteiger partial charge on any atom is -0.429 e. The van der Waals surface area contributed by atoms with Gasteiger partial charge in [0.2, 0.25) is 6.29 Å². The molecule has 3 nitrogen and oxygen atoms in total. The smallest absolute Gasteiger partial charge is 0.340 e. The highest BCUT2D eigenvalue weighted by molar-refractivity contribution is 5.89. The summed E-state index contributed by atoms with van der Waals surface area (Å²) in [6.45, 7) is 3.70. The Morgan fingerprint density at radius 2 is 2.06 bits per heavy atom. The molecule has 0 N–H and O–H groups in total. The number of benzene rings is 1. The van der Waals surface area contributed by atoms with Crippen molar-refractivity contribution >= 4 is 5.97 Å². The summed E-state index contributed by atoms with van der Waals surface area (Å²) in [6.07, 6.45) is -1.82. The zero-order chi connectivity index (χ0) is 13.1. The lowest BCUT2D eigenvalue weighted by Crippen LogP contribution is -2.26. The molecular formula is C14H17FO3. The lowest BCUT2D eigenvalue weighted by Gasteiger charge is -2.14. The number of esters is 1. The Hall–Kier alpha value is -1.42. The summed E-state index contributed by atoms with van der Waals surface area (Å²) in [7, 11) is 0. The van der Waals surface area contributed by atoms with Crippen LogP contribution in [-0.2, 0) is 9.47 Å². The van der Waals surface area contributed by atoms with Gasteiger partial charge in [-0.05, 0) is 18.6 Å². The van der Waals surface area contributed by atoms with E-state index < -0.39 is 18.4 Å². The number of halogens is 1. The Morgan fingerprint density at radius 3 is 2.61 bits per heavy atom. The van der Waals surface area contributed by atoms with Gasteiger partial charge in [-0.25, -0.2) is 9.18 Å². The lowest BCUT2D eigenvalue weighted by molar-refractivity contribution is -0.121. The minimum absolute atomic E-state index is 0.187. The van der Waals surface area contributed by atoms with E-state index in [1.165, 1.54) is 0 Å². The Morgan fingerprint density at radius 1 is 1.39 bits per heavy atom. The minimum atomic E-state index is -1.26. The first-order valence-electron chi connectivity index (χ1n) is 6.19. The van der Waals surface area contributed by atoms with Gasteiger partial charge in [-0.15, -0.1) is 0 Å². The van der Waals surface area contributed by atoms with E-state index in [0.717, 1.165) is 0 Å². The molecule has 1 aromatic carbocycles. The fourth-order valence-electron chi connectivity index (χ4n) is 2.13. The maximum Gasteiger partial charge on any atom is 0.340 e. The number of hydrogen-bond acceptors (Lipinski definition) is 3. The Bertz CT molecular complexity index is 407. The molecule has 1 heterocycles. The van der Waals surface area contributed by atoms with E-state index in [1.807, 2.05) is 6.92 Å². The average molecular weight is 252 g/mol. The molecule has 0 radical (unpaired) electrons. The van der Waals surface area contributed by atoms with Crippen molar-refractivity contribution in [2.24, 2.45) is 5.92 Å². The SMILES string of the molecule is CC[C@H]1O[C@H](OC(=O)c2ccccc2)[C@@H](F)[C@@H]1C. The number of carbonyl (C=O) groups is 1. The van der Waals surface area contributed by atoms with Crippen LogP contribution in [0.2, 0.25) is 0 Å². The van der Waals surface area contributed by atoms with Crippen LogP contribution in [0.15, 0.2) is 30.3 Å². The Balaban J connectivity index is 2.00. The maximum absolute atomic E-state index is 13.9. The summed E-state index contributed by atoms with van der Waals surface area (Å²) in [5, 5.41) is 0. The Labute approximate surface area is 106 Å². The summed E-state index contributed by atoms with van der Waals surface area (Å²) >= 11 is 0. The van der Waals surface area contributed by atoms with Crippen LogP contribution in [0.4, 0.5) is 4.39 Å². The summed E-state index contributed by atoms with van der Waals surface area (Å²) < 4.78 is 24.4. The van der Waals surface area contributed by atoms with E-state index >= 15 is 0 Å². The van der Waals surface area contributed by atoms with Gasteiger partial charge in [0.05, 0.1) is 11.7 Å². The monoisotopic (exact) mass is 252 g/mol. The first kappa shape index (κ1) is 13.0. The van der Waals surface area contributed by atoms with Crippen LogP contribution in [-0.4, -0.2) is 24.5 Å². The van der Waals surface area contributed by atoms with Crippen LogP contribution in [0.5, 0.6) is 0 Å². The first-order valence-corrected chi connectivity index (χ1v) is 6.19. The second kappa shape index (κ2) is 5.48. The molecule has 0 unspecified atom stereocenters. The molecule has 1 fully saturated rings. The summed E-state index contributed by atoms with van der Waals surface area (Å²) in [6, 6.07) is 8.53. The molecule has 0 aliphatic carbocycles. The Kier molecular flexibility index (Phi) is 3.97. The van der Waals surface area contributed by atoms with Gasteiger partial charge in [0.15, 0.2) is 6.17 Å². The third kappa shape index (κ3) is 2.53. The first-order chi connectivity index (χ1) is 8.63. The van der Waals surface area contributed by atoms with Gasteiger partial charge in [-0.3, -0.25) is 0 Å². The summed E-state index contributed by atoms with van der Waals surface area (Å²) in [5.41, 5.74) is 0.404. The normalized spacial score (nSPS) is 31.3. The molecular weight excluding hydrogens is 235 g/mol. The van der Waals surface area contributed by atoms with Crippen molar-refractivity contribution in [1.29, 1.82) is 0 Å². The number of carbonyl (C=O) groups excluding carboxylic acids is 1. The van der Waals surface area contributed by atoms with Gasteiger partial charge < -0.3 is 9.47 Å². The summed E-state index contributed by atoms with van der Waals surface area (Å²) in [5.74, 6) is -0.796. The number of rotatable bonds is 3. The molecule has 0 saturated carbocycles. The van der Waals surface area contributed by atoms with Gasteiger partial charge in [-0.2, -0.15) is 0 Å². The van der Waals surface area contributed by atoms with Gasteiger partial charge in [-0.1, -0.05) is 32.0 Å². The van der Waals surface area contributed by atoms with Crippen LogP contribution in [0.3, 0.4) is 0 Å². The standard InChI is InChI=1S/C14H17FO3/c1-3-11-9(2)12(15)14(17-11)18-13(16)10-7-5-4-6-8-10/h4-9,11-12,14H,3H2,1-2H3/t9-,11-,12+,14-/m1/s1. The highest BCUT2D eigenvalue weighted by atomic mass is 19.1. The van der Waals surface area contributed by atoms with Crippen molar-refractivity contribution in [3.05, 3.63) is 35.9 Å². The molecule has 0 bridgehead atoms. The molecule has 4 atom stereocenters. The van der Waals surface area contributed by atoms with Gasteiger partial charge in [0.25, 0.3) is 0 Å². The molecule has 1 aliphatic heterocycles. The molecule has 2 rings (SSSR count). The van der Waals surface area contributed by atoms with Crippen LogP contribution in [0, 0.1) is 5.92 Å². The molecule has 0 aromatic heterocycles. The van der Waals surface area contributed by atoms with Crippen molar-refractivity contribution in [3.8, 4) is 0 Å². The van der Waals surface area contributed by atoms with Crippen molar-refractivity contribution in [2.45, 2.75) is 38.8 Å². The zero-order valence-electron chi connectivity index (χ0n) is 10.5. The van der Waals surface area contributed by atoms with Gasteiger partial charge in [0.1, 0.15) is 0 Å². The highest BCUT2D eigenvalue weighted by Crippen LogP contribution is 2.32. The third-order valence-corrected chi connectivity index (χ3v) is 3.29. The summed E-state index contributed by atoms with van der Waals surface area (Å²) in [4.78, 5) is 11.8. The highest BCUT2D eigenvalue weighted by Gasteiger charge is 2.43. The average Bonchev–Trinajstić information content (AvgIpc) is 2.67. The van der Waals surface area contributed by atoms with E-state index in [4.69, 9.17) is 9.47 Å². The molecule has 1 saturated heterocycles. The van der Waals surface area contributed by atoms with Gasteiger partial charge >= 0.3 is 5.97 Å². The van der Waals surface area contributed by atoms with Crippen molar-refractivity contribution in [3.63, 3.8) is 0 Å². The molecule has 1 aromatic rings. The molecule has 98 valence electrons. The van der Waals surface area contributed by atoms with Crippen LogP contribution >= 0.6 is 0 Å². The second-order valence-corrected chi connectivity index (χ2v) is 4.53. The predicted octanol–water partition coefficient (Wildman–Crippen LogP) is 2.95. The second-order valence-electron chi connectivity index (χ2n) is 4.53. The van der Waals surface area contributed by atoms with E-state index in [-0.39, 0.29) is 12.0 Å². The largest absolute Gasteiger partial charge is 0.429 e. The van der Waals surface area contributed by atoms with E-state index in [2.05, 4.69) is 0 Å². The van der Waals surface area contributed by atoms with E-state index in [9.17, 15) is 9.18 Å². The van der Waals surface area contributed by atoms with Crippen LogP contribution in [0.25, 0.3) is 0 Å². The van der Waals surface area contributed by atoms with Crippen LogP contribution in [0.1, 0.15) is 30.6 Å². The van der Waals surface area contributed by atoms with Crippen LogP contribution < -0.4 is 0 Å². The third-order valence-electron chi connectivity index (χ3n) is 3.29. The van der Waals surface area contributed by atoms with Crippen molar-refractivity contribution in [2.75, 3.05) is 0 Å². The number of ether oxygens (including phenoxy) is 2. The number of hydrogen-bond donors (Lipinski definition) is 0.